The summed E-state index contributed by atoms with van der Waals surface area (Å²) in [5.41, 5.74) is 3.17. The lowest BCUT2D eigenvalue weighted by Crippen LogP contribution is -2.30. The van der Waals surface area contributed by atoms with Gasteiger partial charge in [-0.15, -0.1) is 12.4 Å². The van der Waals surface area contributed by atoms with Crippen LogP contribution in [-0.2, 0) is 11.2 Å². The number of hydrogen-bond acceptors (Lipinski definition) is 3. The van der Waals surface area contributed by atoms with Gasteiger partial charge in [-0.2, -0.15) is 0 Å². The quantitative estimate of drug-likeness (QED) is 0.423. The zero-order valence-electron chi connectivity index (χ0n) is 7.06. The van der Waals surface area contributed by atoms with Crippen LogP contribution in [0, 0.1) is 0 Å². The Hall–Kier alpha value is -1.13. The SMILES string of the molecule is Cl.NNC(=O)CCc1ccncc1. The second kappa shape index (κ2) is 6.39. The number of rotatable bonds is 3. The largest absolute Gasteiger partial charge is 0.294 e. The standard InChI is InChI=1S/C8H11N3O.ClH/c9-11-8(12)2-1-7-3-5-10-6-4-7;/h3-6H,1-2,9H2,(H,11,12);1H. The van der Waals surface area contributed by atoms with Gasteiger partial charge in [-0.25, -0.2) is 5.84 Å². The number of amides is 1. The van der Waals surface area contributed by atoms with Crippen molar-refractivity contribution in [2.75, 3.05) is 0 Å². The molecule has 0 aliphatic carbocycles. The van der Waals surface area contributed by atoms with E-state index in [1.54, 1.807) is 12.4 Å². The summed E-state index contributed by atoms with van der Waals surface area (Å²) < 4.78 is 0. The number of aryl methyl sites for hydroxylation is 1. The molecule has 5 heteroatoms. The van der Waals surface area contributed by atoms with Gasteiger partial charge in [0.2, 0.25) is 5.91 Å². The van der Waals surface area contributed by atoms with Crippen LogP contribution in [0.15, 0.2) is 24.5 Å². The molecule has 1 heterocycles. The number of nitrogens with two attached hydrogens (primary N) is 1. The molecule has 0 fully saturated rings. The van der Waals surface area contributed by atoms with Crippen LogP contribution in [0.1, 0.15) is 12.0 Å². The molecule has 0 radical (unpaired) electrons. The Morgan fingerprint density at radius 1 is 1.46 bits per heavy atom. The van der Waals surface area contributed by atoms with Crippen molar-refractivity contribution in [3.8, 4) is 0 Å². The lowest BCUT2D eigenvalue weighted by molar-refractivity contribution is -0.121. The molecule has 1 amide bonds. The number of carbonyl (C=O) groups excluding carboxylic acids is 1. The van der Waals surface area contributed by atoms with Crippen LogP contribution in [0.25, 0.3) is 0 Å². The predicted molar refractivity (Wildman–Crippen MR) is 52.1 cm³/mol. The van der Waals surface area contributed by atoms with E-state index in [4.69, 9.17) is 5.84 Å². The maximum absolute atomic E-state index is 10.7. The van der Waals surface area contributed by atoms with Crippen molar-refractivity contribution in [1.29, 1.82) is 0 Å². The first-order valence-electron chi connectivity index (χ1n) is 3.71. The molecular formula is C8H12ClN3O. The lowest BCUT2D eigenvalue weighted by Gasteiger charge is -1.98. The molecule has 0 atom stereocenters. The van der Waals surface area contributed by atoms with Gasteiger partial charge in [-0.05, 0) is 24.1 Å². The highest BCUT2D eigenvalue weighted by Crippen LogP contribution is 1.99. The summed E-state index contributed by atoms with van der Waals surface area (Å²) in [6.07, 6.45) is 4.53. The zero-order valence-corrected chi connectivity index (χ0v) is 7.88. The number of nitrogens with zero attached hydrogens (tertiary/aromatic N) is 1. The monoisotopic (exact) mass is 201 g/mol. The van der Waals surface area contributed by atoms with E-state index in [-0.39, 0.29) is 18.3 Å². The van der Waals surface area contributed by atoms with Crippen LogP contribution >= 0.6 is 12.4 Å². The third-order valence-corrected chi connectivity index (χ3v) is 1.55. The Morgan fingerprint density at radius 3 is 2.62 bits per heavy atom. The van der Waals surface area contributed by atoms with Crippen molar-refractivity contribution in [3.63, 3.8) is 0 Å². The molecule has 0 bridgehead atoms. The number of hydrogen-bond donors (Lipinski definition) is 2. The molecule has 13 heavy (non-hydrogen) atoms. The Morgan fingerprint density at radius 2 is 2.08 bits per heavy atom. The van der Waals surface area contributed by atoms with Crippen molar-refractivity contribution in [3.05, 3.63) is 30.1 Å². The normalized spacial score (nSPS) is 8.69. The van der Waals surface area contributed by atoms with E-state index in [2.05, 4.69) is 10.4 Å². The molecule has 0 aliphatic heterocycles. The smallest absolute Gasteiger partial charge is 0.234 e. The van der Waals surface area contributed by atoms with Crippen LogP contribution in [-0.4, -0.2) is 10.9 Å². The Balaban J connectivity index is 0.00000144. The molecule has 4 nitrogen and oxygen atoms in total. The fourth-order valence-electron chi connectivity index (χ4n) is 0.879. The summed E-state index contributed by atoms with van der Waals surface area (Å²) in [4.78, 5) is 14.6. The van der Waals surface area contributed by atoms with Crippen LogP contribution in [0.2, 0.25) is 0 Å². The number of hydrazine groups is 1. The van der Waals surface area contributed by atoms with E-state index >= 15 is 0 Å². The van der Waals surface area contributed by atoms with Crippen LogP contribution in [0.4, 0.5) is 0 Å². The first-order chi connectivity index (χ1) is 5.83. The topological polar surface area (TPSA) is 68.0 Å². The van der Waals surface area contributed by atoms with Crippen LogP contribution in [0.5, 0.6) is 0 Å². The minimum atomic E-state index is -0.146. The predicted octanol–water partition coefficient (Wildman–Crippen LogP) is 0.426. The van der Waals surface area contributed by atoms with Crippen LogP contribution < -0.4 is 11.3 Å². The summed E-state index contributed by atoms with van der Waals surface area (Å²) in [6.45, 7) is 0. The molecule has 0 saturated carbocycles. The van der Waals surface area contributed by atoms with E-state index in [0.717, 1.165) is 5.56 Å². The van der Waals surface area contributed by atoms with Gasteiger partial charge in [0, 0.05) is 18.8 Å². The molecule has 1 rings (SSSR count). The average molecular weight is 202 g/mol. The highest BCUT2D eigenvalue weighted by Gasteiger charge is 1.98. The Kier molecular flexibility index (Phi) is 5.84. The number of pyridine rings is 1. The molecule has 1 aromatic rings. The van der Waals surface area contributed by atoms with Gasteiger partial charge in [0.25, 0.3) is 0 Å². The van der Waals surface area contributed by atoms with Crippen molar-refractivity contribution in [1.82, 2.24) is 10.4 Å². The van der Waals surface area contributed by atoms with E-state index in [1.165, 1.54) is 0 Å². The summed E-state index contributed by atoms with van der Waals surface area (Å²) in [6, 6.07) is 3.76. The molecular weight excluding hydrogens is 190 g/mol. The molecule has 0 spiro atoms. The average Bonchev–Trinajstić information content (AvgIpc) is 2.16. The molecule has 1 aromatic heterocycles. The first-order valence-corrected chi connectivity index (χ1v) is 3.71. The second-order valence-electron chi connectivity index (χ2n) is 2.42. The number of halogens is 1. The van der Waals surface area contributed by atoms with Crippen LogP contribution in [0.3, 0.4) is 0 Å². The number of aromatic nitrogens is 1. The van der Waals surface area contributed by atoms with E-state index in [9.17, 15) is 4.79 Å². The van der Waals surface area contributed by atoms with Gasteiger partial charge in [0.05, 0.1) is 0 Å². The van der Waals surface area contributed by atoms with Crippen molar-refractivity contribution in [2.45, 2.75) is 12.8 Å². The Labute approximate surface area is 82.9 Å². The highest BCUT2D eigenvalue weighted by atomic mass is 35.5. The third kappa shape index (κ3) is 4.45. The van der Waals surface area contributed by atoms with E-state index in [1.807, 2.05) is 12.1 Å². The maximum Gasteiger partial charge on any atom is 0.234 e. The van der Waals surface area contributed by atoms with Gasteiger partial charge in [0.1, 0.15) is 0 Å². The van der Waals surface area contributed by atoms with Gasteiger partial charge >= 0.3 is 0 Å². The van der Waals surface area contributed by atoms with E-state index in [0.29, 0.717) is 12.8 Å². The summed E-state index contributed by atoms with van der Waals surface area (Å²) >= 11 is 0. The molecule has 0 saturated heterocycles. The summed E-state index contributed by atoms with van der Waals surface area (Å²) in [7, 11) is 0. The fourth-order valence-corrected chi connectivity index (χ4v) is 0.879. The molecule has 0 aliphatic rings. The summed E-state index contributed by atoms with van der Waals surface area (Å²) in [5, 5.41) is 0. The number of nitrogens with one attached hydrogen (secondary N) is 1. The molecule has 0 unspecified atom stereocenters. The van der Waals surface area contributed by atoms with Gasteiger partial charge in [-0.3, -0.25) is 15.2 Å². The lowest BCUT2D eigenvalue weighted by atomic mass is 10.1. The fraction of sp³-hybridized carbons (Fsp3) is 0.250. The summed E-state index contributed by atoms with van der Waals surface area (Å²) in [5.74, 6) is 4.78. The molecule has 3 N–H and O–H groups in total. The minimum absolute atomic E-state index is 0. The van der Waals surface area contributed by atoms with Gasteiger partial charge in [0.15, 0.2) is 0 Å². The van der Waals surface area contributed by atoms with Gasteiger partial charge in [-0.1, -0.05) is 0 Å². The first kappa shape index (κ1) is 11.9. The second-order valence-corrected chi connectivity index (χ2v) is 2.42. The Bertz CT molecular complexity index is 253. The third-order valence-electron chi connectivity index (χ3n) is 1.55. The van der Waals surface area contributed by atoms with Crippen molar-refractivity contribution < 1.29 is 4.79 Å². The maximum atomic E-state index is 10.7. The van der Waals surface area contributed by atoms with E-state index < -0.39 is 0 Å². The zero-order chi connectivity index (χ0) is 8.81. The van der Waals surface area contributed by atoms with Crippen molar-refractivity contribution >= 4 is 18.3 Å². The molecule has 72 valence electrons. The minimum Gasteiger partial charge on any atom is -0.294 e. The van der Waals surface area contributed by atoms with Crippen molar-refractivity contribution in [2.24, 2.45) is 5.84 Å². The highest BCUT2D eigenvalue weighted by molar-refractivity contribution is 5.85. The molecule has 0 aromatic carbocycles. The number of carbonyl (C=O) groups is 1. The van der Waals surface area contributed by atoms with Gasteiger partial charge < -0.3 is 0 Å².